The third-order valence-corrected chi connectivity index (χ3v) is 5.23. The van der Waals surface area contributed by atoms with Crippen molar-refractivity contribution in [2.75, 3.05) is 11.9 Å². The number of para-hydroxylation sites is 1. The Balaban J connectivity index is 1.59. The largest absolute Gasteiger partial charge is 0.393 e. The van der Waals surface area contributed by atoms with E-state index in [2.05, 4.69) is 21.7 Å². The van der Waals surface area contributed by atoms with Crippen molar-refractivity contribution in [3.8, 4) is 0 Å². The number of carbonyl (C=O) groups excluding carboxylic acids is 1. The number of aryl methyl sites for hydroxylation is 1. The van der Waals surface area contributed by atoms with Crippen LogP contribution in [0.25, 0.3) is 0 Å². The molecule has 5 nitrogen and oxygen atoms in total. The van der Waals surface area contributed by atoms with Crippen LogP contribution < -0.4 is 10.6 Å². The molecule has 3 N–H and O–H groups in total. The first-order valence-corrected chi connectivity index (χ1v) is 8.98. The third-order valence-electron chi connectivity index (χ3n) is 5.23. The summed E-state index contributed by atoms with van der Waals surface area (Å²) in [6.07, 6.45) is 4.98. The van der Waals surface area contributed by atoms with Crippen LogP contribution in [-0.4, -0.2) is 28.6 Å². The lowest BCUT2D eigenvalue weighted by molar-refractivity contribution is 0.0228. The van der Waals surface area contributed by atoms with Gasteiger partial charge in [-0.1, -0.05) is 18.2 Å². The third kappa shape index (κ3) is 3.24. The normalized spacial score (nSPS) is 22.9. The zero-order valence-electron chi connectivity index (χ0n) is 14.1. The summed E-state index contributed by atoms with van der Waals surface area (Å²) in [5.41, 5.74) is 3.70. The number of amides is 1. The predicted molar refractivity (Wildman–Crippen MR) is 96.4 cm³/mol. The molecule has 1 aromatic heterocycles. The summed E-state index contributed by atoms with van der Waals surface area (Å²) in [7, 11) is 0. The van der Waals surface area contributed by atoms with Crippen molar-refractivity contribution in [1.82, 2.24) is 10.3 Å². The molecule has 130 valence electrons. The van der Waals surface area contributed by atoms with Crippen LogP contribution in [0.1, 0.15) is 46.9 Å². The Kier molecular flexibility index (Phi) is 4.40. The van der Waals surface area contributed by atoms with E-state index in [0.29, 0.717) is 18.4 Å². The summed E-state index contributed by atoms with van der Waals surface area (Å²) in [6, 6.07) is 11.5. The van der Waals surface area contributed by atoms with Gasteiger partial charge in [0.25, 0.3) is 5.91 Å². The van der Waals surface area contributed by atoms with E-state index in [9.17, 15) is 9.90 Å². The average molecular weight is 337 g/mol. The maximum atomic E-state index is 13.0. The van der Waals surface area contributed by atoms with E-state index < -0.39 is 0 Å². The summed E-state index contributed by atoms with van der Waals surface area (Å²) >= 11 is 0. The van der Waals surface area contributed by atoms with Gasteiger partial charge in [-0.2, -0.15) is 0 Å². The van der Waals surface area contributed by atoms with Crippen molar-refractivity contribution in [2.45, 2.75) is 37.8 Å². The van der Waals surface area contributed by atoms with E-state index in [1.54, 1.807) is 6.20 Å². The van der Waals surface area contributed by atoms with Crippen LogP contribution in [0.5, 0.6) is 0 Å². The number of aliphatic hydroxyl groups is 1. The lowest BCUT2D eigenvalue weighted by atomic mass is 9.76. The van der Waals surface area contributed by atoms with Crippen molar-refractivity contribution in [1.29, 1.82) is 0 Å². The molecule has 1 aliphatic heterocycles. The summed E-state index contributed by atoms with van der Waals surface area (Å²) in [6.45, 7) is 0.899. The van der Waals surface area contributed by atoms with Crippen LogP contribution in [0.15, 0.2) is 42.6 Å². The first-order chi connectivity index (χ1) is 12.2. The van der Waals surface area contributed by atoms with Gasteiger partial charge in [0.05, 0.1) is 29.1 Å². The molecule has 4 rings (SSSR count). The minimum atomic E-state index is -0.265. The van der Waals surface area contributed by atoms with Gasteiger partial charge >= 0.3 is 0 Å². The fourth-order valence-corrected chi connectivity index (χ4v) is 3.81. The van der Waals surface area contributed by atoms with Crippen LogP contribution >= 0.6 is 0 Å². The molecular weight excluding hydrogens is 314 g/mol. The molecule has 1 aliphatic carbocycles. The number of hydrogen-bond acceptors (Lipinski definition) is 4. The summed E-state index contributed by atoms with van der Waals surface area (Å²) in [4.78, 5) is 17.4. The van der Waals surface area contributed by atoms with Crippen molar-refractivity contribution in [3.05, 3.63) is 59.4 Å². The number of nitrogens with one attached hydrogen (secondary N) is 2. The molecule has 0 unspecified atom stereocenters. The molecule has 5 heteroatoms. The number of hydrogen-bond donors (Lipinski definition) is 3. The average Bonchev–Trinajstić information content (AvgIpc) is 2.64. The zero-order chi connectivity index (χ0) is 17.2. The van der Waals surface area contributed by atoms with Gasteiger partial charge in [-0.15, -0.1) is 0 Å². The van der Waals surface area contributed by atoms with Gasteiger partial charge in [0.2, 0.25) is 0 Å². The smallest absolute Gasteiger partial charge is 0.253 e. The summed E-state index contributed by atoms with van der Waals surface area (Å²) < 4.78 is 0. The highest BCUT2D eigenvalue weighted by Crippen LogP contribution is 2.38. The van der Waals surface area contributed by atoms with Crippen LogP contribution in [0, 0.1) is 5.92 Å². The van der Waals surface area contributed by atoms with Crippen LogP contribution in [-0.2, 0) is 6.42 Å². The Labute approximate surface area is 147 Å². The van der Waals surface area contributed by atoms with Gasteiger partial charge in [-0.3, -0.25) is 9.78 Å². The first kappa shape index (κ1) is 16.1. The highest BCUT2D eigenvalue weighted by Gasteiger charge is 2.36. The van der Waals surface area contributed by atoms with Crippen molar-refractivity contribution in [2.24, 2.45) is 5.92 Å². The van der Waals surface area contributed by atoms with Crippen LogP contribution in [0.2, 0.25) is 0 Å². The quantitative estimate of drug-likeness (QED) is 0.802. The summed E-state index contributed by atoms with van der Waals surface area (Å²) in [5, 5.41) is 16.2. The molecule has 0 radical (unpaired) electrons. The molecule has 0 spiro atoms. The molecule has 2 heterocycles. The number of rotatable bonds is 4. The lowest BCUT2D eigenvalue weighted by Crippen LogP contribution is -2.42. The number of carbonyl (C=O) groups is 1. The van der Waals surface area contributed by atoms with Crippen molar-refractivity contribution in [3.63, 3.8) is 0 Å². The van der Waals surface area contributed by atoms with Crippen LogP contribution in [0.3, 0.4) is 0 Å². The molecule has 2 aliphatic rings. The Morgan fingerprint density at radius 3 is 2.88 bits per heavy atom. The van der Waals surface area contributed by atoms with Gasteiger partial charge in [0.1, 0.15) is 0 Å². The lowest BCUT2D eigenvalue weighted by Gasteiger charge is -2.37. The Morgan fingerprint density at radius 1 is 1.24 bits per heavy atom. The molecule has 1 atom stereocenters. The van der Waals surface area contributed by atoms with Gasteiger partial charge in [0, 0.05) is 12.7 Å². The first-order valence-electron chi connectivity index (χ1n) is 8.98. The number of aromatic nitrogens is 1. The molecule has 25 heavy (non-hydrogen) atoms. The minimum absolute atomic E-state index is 0.0803. The standard InChI is InChI=1S/C20H23N3O2/c24-15-11-14(12-15)19(17-8-1-2-9-21-17)23-20(25)16-7-3-5-13-6-4-10-22-18(13)16/h1-3,5,7-9,14-15,19,22,24H,4,6,10-12H2,(H,23,25)/t14?,15?,19-/m1/s1. The highest BCUT2D eigenvalue weighted by atomic mass is 16.3. The molecule has 2 aromatic rings. The van der Waals surface area contributed by atoms with Crippen molar-refractivity contribution >= 4 is 11.6 Å². The number of benzene rings is 1. The fraction of sp³-hybridized carbons (Fsp3) is 0.400. The predicted octanol–water partition coefficient (Wildman–Crippen LogP) is 2.68. The van der Waals surface area contributed by atoms with E-state index in [1.165, 1.54) is 5.56 Å². The van der Waals surface area contributed by atoms with E-state index in [0.717, 1.165) is 30.8 Å². The number of aliphatic hydroxyl groups excluding tert-OH is 1. The SMILES string of the molecule is O=C(N[C@@H](c1ccccn1)C1CC(O)C1)c1cccc2c1NCCC2. The second kappa shape index (κ2) is 6.84. The van der Waals surface area contributed by atoms with Gasteiger partial charge in [0.15, 0.2) is 0 Å². The molecule has 1 saturated carbocycles. The monoisotopic (exact) mass is 337 g/mol. The molecule has 1 amide bonds. The number of pyridine rings is 1. The van der Waals surface area contributed by atoms with Crippen molar-refractivity contribution < 1.29 is 9.90 Å². The fourth-order valence-electron chi connectivity index (χ4n) is 3.81. The molecule has 1 aromatic carbocycles. The second-order valence-electron chi connectivity index (χ2n) is 6.96. The maximum Gasteiger partial charge on any atom is 0.253 e. The Morgan fingerprint density at radius 2 is 2.12 bits per heavy atom. The molecular formula is C20H23N3O2. The zero-order valence-corrected chi connectivity index (χ0v) is 14.1. The summed E-state index contributed by atoms with van der Waals surface area (Å²) in [5.74, 6) is 0.143. The topological polar surface area (TPSA) is 74.2 Å². The number of nitrogens with zero attached hydrogens (tertiary/aromatic N) is 1. The van der Waals surface area contributed by atoms with E-state index in [1.807, 2.05) is 30.3 Å². The molecule has 0 bridgehead atoms. The van der Waals surface area contributed by atoms with E-state index >= 15 is 0 Å². The Bertz CT molecular complexity index is 757. The number of fused-ring (bicyclic) bond motifs is 1. The van der Waals surface area contributed by atoms with Gasteiger partial charge in [-0.25, -0.2) is 0 Å². The Hall–Kier alpha value is -2.40. The van der Waals surface area contributed by atoms with E-state index in [-0.39, 0.29) is 24.0 Å². The molecule has 0 saturated heterocycles. The maximum absolute atomic E-state index is 13.0. The highest BCUT2D eigenvalue weighted by molar-refractivity contribution is 6.00. The van der Waals surface area contributed by atoms with Crippen LogP contribution in [0.4, 0.5) is 5.69 Å². The van der Waals surface area contributed by atoms with E-state index in [4.69, 9.17) is 0 Å². The number of anilines is 1. The van der Waals surface area contributed by atoms with Gasteiger partial charge in [-0.05, 0) is 55.4 Å². The second-order valence-corrected chi connectivity index (χ2v) is 6.96. The van der Waals surface area contributed by atoms with Gasteiger partial charge < -0.3 is 15.7 Å². The molecule has 1 fully saturated rings. The minimum Gasteiger partial charge on any atom is -0.393 e.